The fourth-order valence-corrected chi connectivity index (χ4v) is 2.46. The van der Waals surface area contributed by atoms with Gasteiger partial charge in [-0.05, 0) is 31.0 Å². The lowest BCUT2D eigenvalue weighted by molar-refractivity contribution is 0.0488. The Morgan fingerprint density at radius 1 is 1.47 bits per heavy atom. The number of hydrogen-bond acceptors (Lipinski definition) is 3. The molecule has 0 saturated carbocycles. The summed E-state index contributed by atoms with van der Waals surface area (Å²) in [6.07, 6.45) is 4.32. The quantitative estimate of drug-likeness (QED) is 0.805. The molecule has 0 aliphatic carbocycles. The Kier molecular flexibility index (Phi) is 2.73. The number of ether oxygens (including phenoxy) is 1. The largest absolute Gasteiger partial charge is 0.399 e. The summed E-state index contributed by atoms with van der Waals surface area (Å²) in [5.74, 6) is 0.610. The molecule has 1 aliphatic heterocycles. The van der Waals surface area contributed by atoms with E-state index < -0.39 is 0 Å². The summed E-state index contributed by atoms with van der Waals surface area (Å²) in [4.78, 5) is 4.39. The lowest BCUT2D eigenvalue weighted by atomic mass is 10.0. The molecule has 1 unspecified atom stereocenters. The van der Waals surface area contributed by atoms with Crippen molar-refractivity contribution in [3.8, 4) is 0 Å². The first kappa shape index (κ1) is 10.6. The fraction of sp³-hybridized carbons (Fsp3) is 0.462. The molecule has 1 aliphatic rings. The molecular formula is C13H17N3O. The summed E-state index contributed by atoms with van der Waals surface area (Å²) in [6, 6.07) is 5.89. The highest BCUT2D eigenvalue weighted by Gasteiger charge is 2.15. The molecule has 0 spiro atoms. The first-order chi connectivity index (χ1) is 8.33. The van der Waals surface area contributed by atoms with E-state index in [0.717, 1.165) is 36.5 Å². The fourth-order valence-electron chi connectivity index (χ4n) is 2.46. The Balaban J connectivity index is 1.84. The van der Waals surface area contributed by atoms with E-state index in [1.807, 2.05) is 24.5 Å². The maximum absolute atomic E-state index is 5.75. The van der Waals surface area contributed by atoms with Crippen LogP contribution in [-0.2, 0) is 11.3 Å². The highest BCUT2D eigenvalue weighted by Crippen LogP contribution is 2.20. The third-order valence-electron chi connectivity index (χ3n) is 3.35. The molecule has 3 rings (SSSR count). The monoisotopic (exact) mass is 231 g/mol. The predicted octanol–water partition coefficient (Wildman–Crippen LogP) is 2.05. The maximum atomic E-state index is 5.75. The molecule has 1 fully saturated rings. The van der Waals surface area contributed by atoms with Crippen molar-refractivity contribution in [3.63, 3.8) is 0 Å². The van der Waals surface area contributed by atoms with Gasteiger partial charge in [0, 0.05) is 24.8 Å². The minimum absolute atomic E-state index is 0.610. The smallest absolute Gasteiger partial charge is 0.0958 e. The van der Waals surface area contributed by atoms with E-state index >= 15 is 0 Å². The molecule has 0 amide bonds. The predicted molar refractivity (Wildman–Crippen MR) is 67.7 cm³/mol. The topological polar surface area (TPSA) is 53.1 Å². The SMILES string of the molecule is Nc1ccc2c(c1)ncn2CC1CCCOC1. The van der Waals surface area contributed by atoms with Crippen LogP contribution in [0.4, 0.5) is 5.69 Å². The normalized spacial score (nSPS) is 20.8. The zero-order valence-electron chi connectivity index (χ0n) is 9.80. The second kappa shape index (κ2) is 4.37. The zero-order valence-corrected chi connectivity index (χ0v) is 9.80. The van der Waals surface area contributed by atoms with Gasteiger partial charge in [-0.3, -0.25) is 0 Å². The van der Waals surface area contributed by atoms with Crippen LogP contribution in [0.2, 0.25) is 0 Å². The molecule has 2 heterocycles. The van der Waals surface area contributed by atoms with Crippen molar-refractivity contribution < 1.29 is 4.74 Å². The second-order valence-corrected chi connectivity index (χ2v) is 4.73. The molecule has 4 nitrogen and oxygen atoms in total. The number of nitrogens with zero attached hydrogens (tertiary/aromatic N) is 2. The van der Waals surface area contributed by atoms with Crippen molar-refractivity contribution in [2.24, 2.45) is 5.92 Å². The van der Waals surface area contributed by atoms with Gasteiger partial charge in [0.1, 0.15) is 0 Å². The lowest BCUT2D eigenvalue weighted by Gasteiger charge is -2.22. The third-order valence-corrected chi connectivity index (χ3v) is 3.35. The Bertz CT molecular complexity index is 514. The van der Waals surface area contributed by atoms with Crippen molar-refractivity contribution in [2.45, 2.75) is 19.4 Å². The number of imidazole rings is 1. The Hall–Kier alpha value is -1.55. The van der Waals surface area contributed by atoms with Crippen LogP contribution in [0.3, 0.4) is 0 Å². The van der Waals surface area contributed by atoms with Gasteiger partial charge in [-0.25, -0.2) is 4.98 Å². The first-order valence-corrected chi connectivity index (χ1v) is 6.11. The molecule has 0 radical (unpaired) electrons. The van der Waals surface area contributed by atoms with Gasteiger partial charge in [0.15, 0.2) is 0 Å². The molecule has 90 valence electrons. The maximum Gasteiger partial charge on any atom is 0.0958 e. The van der Waals surface area contributed by atoms with Crippen LogP contribution in [0.1, 0.15) is 12.8 Å². The first-order valence-electron chi connectivity index (χ1n) is 6.11. The molecule has 2 N–H and O–H groups in total. The Morgan fingerprint density at radius 2 is 2.41 bits per heavy atom. The second-order valence-electron chi connectivity index (χ2n) is 4.73. The molecule has 1 saturated heterocycles. The lowest BCUT2D eigenvalue weighted by Crippen LogP contribution is -2.21. The average Bonchev–Trinajstić information content (AvgIpc) is 2.73. The number of nitrogens with two attached hydrogens (primary N) is 1. The summed E-state index contributed by atoms with van der Waals surface area (Å²) in [6.45, 7) is 2.77. The summed E-state index contributed by atoms with van der Waals surface area (Å²) < 4.78 is 7.71. The Labute approximate surface area is 100 Å². The van der Waals surface area contributed by atoms with Crippen LogP contribution < -0.4 is 5.73 Å². The molecule has 0 bridgehead atoms. The number of rotatable bonds is 2. The average molecular weight is 231 g/mol. The van der Waals surface area contributed by atoms with Crippen molar-refractivity contribution in [1.29, 1.82) is 0 Å². The van der Waals surface area contributed by atoms with Gasteiger partial charge in [0.25, 0.3) is 0 Å². The van der Waals surface area contributed by atoms with E-state index in [2.05, 4.69) is 9.55 Å². The molecule has 17 heavy (non-hydrogen) atoms. The van der Waals surface area contributed by atoms with Crippen LogP contribution in [0.15, 0.2) is 24.5 Å². The molecular weight excluding hydrogens is 214 g/mol. The van der Waals surface area contributed by atoms with Crippen LogP contribution in [0.5, 0.6) is 0 Å². The van der Waals surface area contributed by atoms with E-state index in [9.17, 15) is 0 Å². The van der Waals surface area contributed by atoms with Crippen LogP contribution >= 0.6 is 0 Å². The van der Waals surface area contributed by atoms with E-state index in [1.54, 1.807) is 0 Å². The van der Waals surface area contributed by atoms with Crippen LogP contribution in [0, 0.1) is 5.92 Å². The van der Waals surface area contributed by atoms with Crippen LogP contribution in [0.25, 0.3) is 11.0 Å². The van der Waals surface area contributed by atoms with Crippen LogP contribution in [-0.4, -0.2) is 22.8 Å². The third kappa shape index (κ3) is 2.13. The Morgan fingerprint density at radius 3 is 3.24 bits per heavy atom. The summed E-state index contributed by atoms with van der Waals surface area (Å²) >= 11 is 0. The van der Waals surface area contributed by atoms with E-state index in [4.69, 9.17) is 10.5 Å². The molecule has 1 atom stereocenters. The molecule has 2 aromatic rings. The van der Waals surface area contributed by atoms with Gasteiger partial charge in [0.2, 0.25) is 0 Å². The number of nitrogen functional groups attached to an aromatic ring is 1. The zero-order chi connectivity index (χ0) is 11.7. The van der Waals surface area contributed by atoms with Crippen molar-refractivity contribution in [3.05, 3.63) is 24.5 Å². The van der Waals surface area contributed by atoms with Gasteiger partial charge < -0.3 is 15.0 Å². The minimum Gasteiger partial charge on any atom is -0.399 e. The van der Waals surface area contributed by atoms with Gasteiger partial charge in [-0.1, -0.05) is 0 Å². The molecule has 4 heteroatoms. The summed E-state index contributed by atoms with van der Waals surface area (Å²) in [5, 5.41) is 0. The number of hydrogen-bond donors (Lipinski definition) is 1. The number of aromatic nitrogens is 2. The van der Waals surface area contributed by atoms with E-state index in [0.29, 0.717) is 5.92 Å². The minimum atomic E-state index is 0.610. The number of fused-ring (bicyclic) bond motifs is 1. The van der Waals surface area contributed by atoms with E-state index in [1.165, 1.54) is 12.8 Å². The van der Waals surface area contributed by atoms with Gasteiger partial charge in [-0.2, -0.15) is 0 Å². The standard InChI is InChI=1S/C13H17N3O/c14-11-3-4-13-12(6-11)15-9-16(13)7-10-2-1-5-17-8-10/h3-4,6,9-10H,1-2,5,7-8,14H2. The van der Waals surface area contributed by atoms with Crippen molar-refractivity contribution in [1.82, 2.24) is 9.55 Å². The van der Waals surface area contributed by atoms with E-state index in [-0.39, 0.29) is 0 Å². The highest BCUT2D eigenvalue weighted by atomic mass is 16.5. The van der Waals surface area contributed by atoms with Crippen molar-refractivity contribution >= 4 is 16.7 Å². The summed E-state index contributed by atoms with van der Waals surface area (Å²) in [5.41, 5.74) is 8.65. The number of anilines is 1. The summed E-state index contributed by atoms with van der Waals surface area (Å²) in [7, 11) is 0. The van der Waals surface area contributed by atoms with Gasteiger partial charge >= 0.3 is 0 Å². The van der Waals surface area contributed by atoms with Crippen molar-refractivity contribution in [2.75, 3.05) is 18.9 Å². The van der Waals surface area contributed by atoms with Gasteiger partial charge in [0.05, 0.1) is 24.0 Å². The highest BCUT2D eigenvalue weighted by molar-refractivity contribution is 5.78. The van der Waals surface area contributed by atoms with Gasteiger partial charge in [-0.15, -0.1) is 0 Å². The molecule has 1 aromatic heterocycles. The molecule has 1 aromatic carbocycles. The number of benzene rings is 1.